The van der Waals surface area contributed by atoms with Crippen molar-refractivity contribution in [2.45, 2.75) is 33.1 Å². The van der Waals surface area contributed by atoms with Gasteiger partial charge in [-0.2, -0.15) is 0 Å². The highest BCUT2D eigenvalue weighted by atomic mass is 14.9. The highest BCUT2D eigenvalue weighted by molar-refractivity contribution is 4.93. The lowest BCUT2D eigenvalue weighted by Crippen LogP contribution is -2.31. The van der Waals surface area contributed by atoms with Crippen LogP contribution < -0.4 is 10.6 Å². The molecule has 1 fully saturated rings. The lowest BCUT2D eigenvalue weighted by molar-refractivity contribution is 0.442. The second-order valence-corrected chi connectivity index (χ2v) is 3.88. The van der Waals surface area contributed by atoms with Crippen LogP contribution in [0.5, 0.6) is 0 Å². The van der Waals surface area contributed by atoms with E-state index in [0.717, 1.165) is 19.6 Å². The molecule has 1 aliphatic rings. The summed E-state index contributed by atoms with van der Waals surface area (Å²) in [5.41, 5.74) is 0.701. The molecule has 0 aromatic carbocycles. The van der Waals surface area contributed by atoms with Gasteiger partial charge in [0.2, 0.25) is 0 Å². The minimum absolute atomic E-state index is 0.701. The molecule has 0 amide bonds. The summed E-state index contributed by atoms with van der Waals surface area (Å²) in [7, 11) is 0. The summed E-state index contributed by atoms with van der Waals surface area (Å²) in [6.07, 6.45) is 4.23. The van der Waals surface area contributed by atoms with Crippen LogP contribution in [0, 0.1) is 5.41 Å². The Balaban J connectivity index is 1.89. The van der Waals surface area contributed by atoms with Gasteiger partial charge in [-0.3, -0.25) is 0 Å². The van der Waals surface area contributed by atoms with Crippen molar-refractivity contribution in [1.29, 1.82) is 0 Å². The highest BCUT2D eigenvalue weighted by Crippen LogP contribution is 2.47. The molecular weight excluding hydrogens is 148 g/mol. The van der Waals surface area contributed by atoms with E-state index in [1.807, 2.05) is 0 Å². The smallest absolute Gasteiger partial charge is 0.00769 e. The molecule has 0 aromatic heterocycles. The standard InChI is InChI=1S/C10H22N2/c1-3-10(5-6-10)9-12-8-7-11-4-2/h11-12H,3-9H2,1-2H3. The maximum absolute atomic E-state index is 3.51. The summed E-state index contributed by atoms with van der Waals surface area (Å²) in [6, 6.07) is 0. The van der Waals surface area contributed by atoms with Gasteiger partial charge in [0, 0.05) is 19.6 Å². The second kappa shape index (κ2) is 4.83. The van der Waals surface area contributed by atoms with Gasteiger partial charge >= 0.3 is 0 Å². The molecule has 2 nitrogen and oxygen atoms in total. The first-order valence-electron chi connectivity index (χ1n) is 5.24. The topological polar surface area (TPSA) is 24.1 Å². The Kier molecular flexibility index (Phi) is 4.02. The third kappa shape index (κ3) is 3.11. The van der Waals surface area contributed by atoms with Gasteiger partial charge in [-0.15, -0.1) is 0 Å². The Bertz CT molecular complexity index is 119. The summed E-state index contributed by atoms with van der Waals surface area (Å²) in [4.78, 5) is 0. The Hall–Kier alpha value is -0.0800. The fourth-order valence-corrected chi connectivity index (χ4v) is 1.54. The summed E-state index contributed by atoms with van der Waals surface area (Å²) in [6.45, 7) is 8.99. The van der Waals surface area contributed by atoms with Gasteiger partial charge in [-0.1, -0.05) is 13.8 Å². The predicted octanol–water partition coefficient (Wildman–Crippen LogP) is 1.38. The summed E-state index contributed by atoms with van der Waals surface area (Å²) >= 11 is 0. The molecule has 0 unspecified atom stereocenters. The number of nitrogens with one attached hydrogen (secondary N) is 2. The van der Waals surface area contributed by atoms with Crippen molar-refractivity contribution in [1.82, 2.24) is 10.6 Å². The van der Waals surface area contributed by atoms with E-state index >= 15 is 0 Å². The van der Waals surface area contributed by atoms with Gasteiger partial charge in [0.25, 0.3) is 0 Å². The van der Waals surface area contributed by atoms with E-state index in [4.69, 9.17) is 0 Å². The Morgan fingerprint density at radius 1 is 1.08 bits per heavy atom. The van der Waals surface area contributed by atoms with E-state index in [-0.39, 0.29) is 0 Å². The van der Waals surface area contributed by atoms with Crippen LogP contribution in [-0.2, 0) is 0 Å². The monoisotopic (exact) mass is 170 g/mol. The molecule has 0 aliphatic heterocycles. The summed E-state index contributed by atoms with van der Waals surface area (Å²) in [5.74, 6) is 0. The van der Waals surface area contributed by atoms with Crippen molar-refractivity contribution in [3.05, 3.63) is 0 Å². The average Bonchev–Trinajstić information content (AvgIpc) is 2.85. The fraction of sp³-hybridized carbons (Fsp3) is 1.00. The van der Waals surface area contributed by atoms with E-state index in [1.165, 1.54) is 25.8 Å². The molecule has 0 atom stereocenters. The lowest BCUT2D eigenvalue weighted by Gasteiger charge is -2.13. The van der Waals surface area contributed by atoms with Crippen molar-refractivity contribution in [2.75, 3.05) is 26.2 Å². The SMILES string of the molecule is CCNCCNCC1(CC)CC1. The normalized spacial score (nSPS) is 19.5. The van der Waals surface area contributed by atoms with Crippen LogP contribution >= 0.6 is 0 Å². The van der Waals surface area contributed by atoms with Crippen molar-refractivity contribution in [3.8, 4) is 0 Å². The molecule has 2 heteroatoms. The first kappa shape index (κ1) is 10.0. The van der Waals surface area contributed by atoms with Crippen LogP contribution in [-0.4, -0.2) is 26.2 Å². The first-order valence-corrected chi connectivity index (χ1v) is 5.24. The van der Waals surface area contributed by atoms with Crippen molar-refractivity contribution < 1.29 is 0 Å². The first-order chi connectivity index (χ1) is 5.83. The molecule has 12 heavy (non-hydrogen) atoms. The zero-order valence-electron chi connectivity index (χ0n) is 8.45. The number of likely N-dealkylation sites (N-methyl/N-ethyl adjacent to an activating group) is 1. The van der Waals surface area contributed by atoms with Crippen LogP contribution in [0.1, 0.15) is 33.1 Å². The third-order valence-corrected chi connectivity index (χ3v) is 2.94. The molecule has 0 spiro atoms. The van der Waals surface area contributed by atoms with Crippen molar-refractivity contribution in [3.63, 3.8) is 0 Å². The molecule has 1 rings (SSSR count). The highest BCUT2D eigenvalue weighted by Gasteiger charge is 2.39. The molecule has 0 radical (unpaired) electrons. The van der Waals surface area contributed by atoms with Gasteiger partial charge in [0.15, 0.2) is 0 Å². The second-order valence-electron chi connectivity index (χ2n) is 3.88. The Morgan fingerprint density at radius 2 is 1.75 bits per heavy atom. The number of hydrogen-bond acceptors (Lipinski definition) is 2. The van der Waals surface area contributed by atoms with E-state index in [2.05, 4.69) is 24.5 Å². The molecule has 0 bridgehead atoms. The molecule has 0 saturated heterocycles. The predicted molar refractivity (Wildman–Crippen MR) is 53.4 cm³/mol. The van der Waals surface area contributed by atoms with Gasteiger partial charge < -0.3 is 10.6 Å². The number of rotatable bonds is 7. The van der Waals surface area contributed by atoms with Crippen molar-refractivity contribution >= 4 is 0 Å². The molecule has 0 aromatic rings. The van der Waals surface area contributed by atoms with E-state index in [9.17, 15) is 0 Å². The van der Waals surface area contributed by atoms with Crippen molar-refractivity contribution in [2.24, 2.45) is 5.41 Å². The largest absolute Gasteiger partial charge is 0.316 e. The van der Waals surface area contributed by atoms with Crippen LogP contribution in [0.3, 0.4) is 0 Å². The minimum atomic E-state index is 0.701. The van der Waals surface area contributed by atoms with Crippen LogP contribution in [0.25, 0.3) is 0 Å². The van der Waals surface area contributed by atoms with Gasteiger partial charge in [-0.05, 0) is 31.2 Å². The van der Waals surface area contributed by atoms with Gasteiger partial charge in [0.05, 0.1) is 0 Å². The number of hydrogen-bond donors (Lipinski definition) is 2. The minimum Gasteiger partial charge on any atom is -0.316 e. The molecular formula is C10H22N2. The quantitative estimate of drug-likeness (QED) is 0.564. The summed E-state index contributed by atoms with van der Waals surface area (Å²) in [5, 5.41) is 6.82. The van der Waals surface area contributed by atoms with Crippen LogP contribution in [0.15, 0.2) is 0 Å². The molecule has 2 N–H and O–H groups in total. The van der Waals surface area contributed by atoms with E-state index < -0.39 is 0 Å². The maximum Gasteiger partial charge on any atom is 0.00769 e. The average molecular weight is 170 g/mol. The molecule has 0 heterocycles. The molecule has 1 aliphatic carbocycles. The summed E-state index contributed by atoms with van der Waals surface area (Å²) < 4.78 is 0. The molecule has 1 saturated carbocycles. The van der Waals surface area contributed by atoms with Gasteiger partial charge in [-0.25, -0.2) is 0 Å². The zero-order valence-corrected chi connectivity index (χ0v) is 8.45. The lowest BCUT2D eigenvalue weighted by atomic mass is 10.0. The Morgan fingerprint density at radius 3 is 2.25 bits per heavy atom. The maximum atomic E-state index is 3.51. The third-order valence-electron chi connectivity index (χ3n) is 2.94. The van der Waals surface area contributed by atoms with E-state index in [1.54, 1.807) is 0 Å². The van der Waals surface area contributed by atoms with Gasteiger partial charge in [0.1, 0.15) is 0 Å². The van der Waals surface area contributed by atoms with Crippen LogP contribution in [0.2, 0.25) is 0 Å². The van der Waals surface area contributed by atoms with E-state index in [0.29, 0.717) is 5.41 Å². The Labute approximate surface area is 76.1 Å². The fourth-order valence-electron chi connectivity index (χ4n) is 1.54. The zero-order chi connectivity index (χ0) is 8.86. The molecule has 72 valence electrons. The van der Waals surface area contributed by atoms with Crippen LogP contribution in [0.4, 0.5) is 0 Å².